The molecule has 0 aliphatic carbocycles. The second-order valence-corrected chi connectivity index (χ2v) is 14.4. The van der Waals surface area contributed by atoms with Crippen molar-refractivity contribution in [1.82, 2.24) is 4.90 Å². The van der Waals surface area contributed by atoms with Crippen LogP contribution in [0, 0.1) is 5.92 Å². The first-order valence-corrected chi connectivity index (χ1v) is 18.4. The van der Waals surface area contributed by atoms with E-state index in [9.17, 15) is 24.3 Å². The van der Waals surface area contributed by atoms with E-state index >= 15 is 0 Å². The molecule has 264 valence electrons. The molecule has 7 heteroatoms. The van der Waals surface area contributed by atoms with E-state index in [0.717, 1.165) is 47.9 Å². The van der Waals surface area contributed by atoms with E-state index in [1.54, 1.807) is 12.1 Å². The molecule has 2 aliphatic heterocycles. The predicted molar refractivity (Wildman–Crippen MR) is 206 cm³/mol. The minimum atomic E-state index is -0.757. The maximum absolute atomic E-state index is 14.9. The molecule has 0 spiro atoms. The van der Waals surface area contributed by atoms with Crippen molar-refractivity contribution in [3.05, 3.63) is 124 Å². The van der Waals surface area contributed by atoms with Crippen LogP contribution in [0.5, 0.6) is 0 Å². The number of nitrogens with zero attached hydrogens (tertiary/aromatic N) is 2. The van der Waals surface area contributed by atoms with Crippen LogP contribution in [0.2, 0.25) is 0 Å². The molecule has 7 nitrogen and oxygen atoms in total. The van der Waals surface area contributed by atoms with Crippen LogP contribution in [0.4, 0.5) is 5.69 Å². The molecule has 2 heterocycles. The Morgan fingerprint density at radius 2 is 1.06 bits per heavy atom. The van der Waals surface area contributed by atoms with Crippen molar-refractivity contribution in [3.63, 3.8) is 0 Å². The van der Waals surface area contributed by atoms with Crippen molar-refractivity contribution in [2.75, 3.05) is 11.5 Å². The average Bonchev–Trinajstić information content (AvgIpc) is 3.16. The summed E-state index contributed by atoms with van der Waals surface area (Å²) in [5.74, 6) is -2.02. The summed E-state index contributed by atoms with van der Waals surface area (Å²) in [7, 11) is 0. The van der Waals surface area contributed by atoms with E-state index in [1.807, 2.05) is 86.6 Å². The SMILES string of the molecule is CCCc1ccc(N2C(=O)c3cc(-c4ccc(CC)cc4)c4c5c(cc(-c6ccc(CC)cc6)c(c35)C2=O)C(=O)N(C(CO)CC(C)C)C4=O)cc1. The Kier molecular flexibility index (Phi) is 9.40. The summed E-state index contributed by atoms with van der Waals surface area (Å²) in [5.41, 5.74) is 7.25. The van der Waals surface area contributed by atoms with Gasteiger partial charge in [-0.05, 0) is 94.8 Å². The Labute approximate surface area is 304 Å². The van der Waals surface area contributed by atoms with Crippen molar-refractivity contribution in [2.24, 2.45) is 5.92 Å². The molecular weight excluding hydrogens is 649 g/mol. The van der Waals surface area contributed by atoms with Crippen molar-refractivity contribution in [3.8, 4) is 22.3 Å². The third-order valence-corrected chi connectivity index (χ3v) is 10.5. The van der Waals surface area contributed by atoms with Gasteiger partial charge in [0.2, 0.25) is 0 Å². The van der Waals surface area contributed by atoms with E-state index in [-0.39, 0.29) is 34.8 Å². The molecule has 0 saturated heterocycles. The van der Waals surface area contributed by atoms with Gasteiger partial charge < -0.3 is 5.11 Å². The highest BCUT2D eigenvalue weighted by molar-refractivity contribution is 6.41. The van der Waals surface area contributed by atoms with E-state index in [2.05, 4.69) is 20.8 Å². The highest BCUT2D eigenvalue weighted by Crippen LogP contribution is 2.47. The van der Waals surface area contributed by atoms with Crippen LogP contribution >= 0.6 is 0 Å². The Bertz CT molecular complexity index is 2230. The van der Waals surface area contributed by atoms with Gasteiger partial charge in [0.25, 0.3) is 23.6 Å². The number of anilines is 1. The summed E-state index contributed by atoms with van der Waals surface area (Å²) < 4.78 is 0. The molecule has 1 N–H and O–H groups in total. The van der Waals surface area contributed by atoms with E-state index < -0.39 is 29.7 Å². The molecule has 0 bridgehead atoms. The smallest absolute Gasteiger partial charge is 0.266 e. The lowest BCUT2D eigenvalue weighted by atomic mass is 9.78. The maximum Gasteiger partial charge on any atom is 0.266 e. The third kappa shape index (κ3) is 5.73. The number of aryl methyl sites for hydroxylation is 3. The topological polar surface area (TPSA) is 95.0 Å². The monoisotopic (exact) mass is 692 g/mol. The number of carbonyl (C=O) groups excluding carboxylic acids is 4. The van der Waals surface area contributed by atoms with Crippen molar-refractivity contribution in [2.45, 2.75) is 72.8 Å². The summed E-state index contributed by atoms with van der Waals surface area (Å²) in [6, 6.07) is 25.9. The quantitative estimate of drug-likeness (QED) is 0.139. The summed E-state index contributed by atoms with van der Waals surface area (Å²) in [6.07, 6.45) is 3.91. The molecule has 52 heavy (non-hydrogen) atoms. The van der Waals surface area contributed by atoms with Gasteiger partial charge in [0, 0.05) is 21.9 Å². The first kappa shape index (κ1) is 35.0. The molecule has 0 aromatic heterocycles. The number of aliphatic hydroxyl groups is 1. The number of rotatable bonds is 11. The molecule has 0 saturated carbocycles. The van der Waals surface area contributed by atoms with Gasteiger partial charge in [-0.25, -0.2) is 4.90 Å². The van der Waals surface area contributed by atoms with Crippen LogP contribution in [0.25, 0.3) is 33.0 Å². The van der Waals surface area contributed by atoms with Gasteiger partial charge in [-0.3, -0.25) is 24.1 Å². The molecular formula is C45H44N2O5. The number of hydrogen-bond acceptors (Lipinski definition) is 5. The molecule has 0 radical (unpaired) electrons. The normalized spacial score (nSPS) is 14.6. The molecule has 2 aliphatic rings. The fourth-order valence-electron chi connectivity index (χ4n) is 7.85. The zero-order chi connectivity index (χ0) is 36.8. The highest BCUT2D eigenvalue weighted by atomic mass is 16.3. The first-order valence-electron chi connectivity index (χ1n) is 18.4. The number of hydrogen-bond donors (Lipinski definition) is 1. The Morgan fingerprint density at radius 3 is 1.52 bits per heavy atom. The van der Waals surface area contributed by atoms with Crippen LogP contribution < -0.4 is 4.90 Å². The Hall–Kier alpha value is -5.40. The minimum absolute atomic E-state index is 0.0977. The van der Waals surface area contributed by atoms with Gasteiger partial charge in [0.05, 0.1) is 29.5 Å². The highest BCUT2D eigenvalue weighted by Gasteiger charge is 2.45. The molecule has 5 aromatic rings. The molecule has 1 unspecified atom stereocenters. The first-order chi connectivity index (χ1) is 25.1. The van der Waals surface area contributed by atoms with Gasteiger partial charge in [-0.2, -0.15) is 0 Å². The zero-order valence-corrected chi connectivity index (χ0v) is 30.5. The maximum atomic E-state index is 14.9. The van der Waals surface area contributed by atoms with Crippen molar-refractivity contribution >= 4 is 40.1 Å². The standard InChI is InChI=1S/C45H44N2O5/c1-6-9-29-14-20-32(21-15-29)46-42(49)36-23-35(31-18-12-28(8-3)13-19-31)41-39-37(43(50)47(45(41)52)33(25-48)22-26(4)5)24-34(40(38(36)39)44(46)51)30-16-10-27(7-2)11-17-30/h10-21,23-24,26,33,48H,6-9,22,25H2,1-5H3. The van der Waals surface area contributed by atoms with Gasteiger partial charge in [-0.1, -0.05) is 102 Å². The molecule has 5 aromatic carbocycles. The van der Waals surface area contributed by atoms with Crippen molar-refractivity contribution < 1.29 is 24.3 Å². The van der Waals surface area contributed by atoms with Crippen molar-refractivity contribution in [1.29, 1.82) is 0 Å². The van der Waals surface area contributed by atoms with E-state index in [0.29, 0.717) is 39.6 Å². The number of benzene rings is 5. The molecule has 0 fully saturated rings. The van der Waals surface area contributed by atoms with E-state index in [4.69, 9.17) is 0 Å². The third-order valence-electron chi connectivity index (χ3n) is 10.5. The average molecular weight is 693 g/mol. The van der Waals surface area contributed by atoms with Crippen LogP contribution in [-0.4, -0.2) is 46.3 Å². The number of amides is 4. The fraction of sp³-hybridized carbons (Fsp3) is 0.289. The zero-order valence-electron chi connectivity index (χ0n) is 30.5. The number of carbonyl (C=O) groups is 4. The second-order valence-electron chi connectivity index (χ2n) is 14.4. The predicted octanol–water partition coefficient (Wildman–Crippen LogP) is 9.05. The summed E-state index contributed by atoms with van der Waals surface area (Å²) in [6.45, 7) is 9.82. The number of aliphatic hydroxyl groups excluding tert-OH is 1. The van der Waals surface area contributed by atoms with Gasteiger partial charge in [0.15, 0.2) is 0 Å². The Balaban J connectivity index is 1.58. The second kappa shape index (κ2) is 14.0. The summed E-state index contributed by atoms with van der Waals surface area (Å²) in [4.78, 5) is 61.6. The molecule has 7 rings (SSSR count). The summed E-state index contributed by atoms with van der Waals surface area (Å²) in [5, 5.41) is 11.2. The van der Waals surface area contributed by atoms with Crippen LogP contribution in [0.1, 0.15) is 106 Å². The lowest BCUT2D eigenvalue weighted by Crippen LogP contribution is -2.50. The van der Waals surface area contributed by atoms with Gasteiger partial charge in [-0.15, -0.1) is 0 Å². The van der Waals surface area contributed by atoms with Gasteiger partial charge in [0.1, 0.15) is 0 Å². The molecule has 4 amide bonds. The molecule has 1 atom stereocenters. The van der Waals surface area contributed by atoms with Crippen LogP contribution in [-0.2, 0) is 19.3 Å². The van der Waals surface area contributed by atoms with Crippen LogP contribution in [0.3, 0.4) is 0 Å². The lowest BCUT2D eigenvalue weighted by molar-refractivity contribution is 0.0444. The minimum Gasteiger partial charge on any atom is -0.394 e. The summed E-state index contributed by atoms with van der Waals surface area (Å²) >= 11 is 0. The fourth-order valence-corrected chi connectivity index (χ4v) is 7.85. The van der Waals surface area contributed by atoms with E-state index in [1.165, 1.54) is 9.80 Å². The van der Waals surface area contributed by atoms with Gasteiger partial charge >= 0.3 is 0 Å². The number of imide groups is 2. The Morgan fingerprint density at radius 1 is 0.577 bits per heavy atom. The lowest BCUT2D eigenvalue weighted by Gasteiger charge is -2.37. The van der Waals surface area contributed by atoms with Crippen LogP contribution in [0.15, 0.2) is 84.9 Å². The largest absolute Gasteiger partial charge is 0.394 e.